The standard InChI is InChI=1S/C5H13N3O/c1-4(2)7-5(6)8-9-3/h4H,1-3H3,(H3,6,7,8). The molecule has 0 aliphatic heterocycles. The van der Waals surface area contributed by atoms with E-state index in [4.69, 9.17) is 5.41 Å². The highest BCUT2D eigenvalue weighted by molar-refractivity contribution is 5.75. The Hall–Kier alpha value is -0.770. The fourth-order valence-electron chi connectivity index (χ4n) is 0.420. The van der Waals surface area contributed by atoms with Crippen LogP contribution in [0, 0.1) is 5.41 Å². The largest absolute Gasteiger partial charge is 0.353 e. The van der Waals surface area contributed by atoms with Crippen LogP contribution in [0.25, 0.3) is 0 Å². The number of hydrogen-bond acceptors (Lipinski definition) is 2. The summed E-state index contributed by atoms with van der Waals surface area (Å²) in [6.45, 7) is 3.90. The molecule has 3 N–H and O–H groups in total. The summed E-state index contributed by atoms with van der Waals surface area (Å²) in [6, 6.07) is 0.264. The van der Waals surface area contributed by atoms with Gasteiger partial charge in [0.2, 0.25) is 5.96 Å². The van der Waals surface area contributed by atoms with Crippen LogP contribution in [0.3, 0.4) is 0 Å². The van der Waals surface area contributed by atoms with Gasteiger partial charge in [0, 0.05) is 6.04 Å². The molecule has 0 saturated heterocycles. The van der Waals surface area contributed by atoms with Crippen molar-refractivity contribution in [3.63, 3.8) is 0 Å². The normalized spacial score (nSPS) is 9.33. The van der Waals surface area contributed by atoms with Crippen molar-refractivity contribution >= 4 is 5.96 Å². The Morgan fingerprint density at radius 3 is 2.44 bits per heavy atom. The van der Waals surface area contributed by atoms with Crippen LogP contribution in [0.4, 0.5) is 0 Å². The lowest BCUT2D eigenvalue weighted by molar-refractivity contribution is 0.140. The highest BCUT2D eigenvalue weighted by Gasteiger charge is 1.94. The van der Waals surface area contributed by atoms with Crippen molar-refractivity contribution in [3.8, 4) is 0 Å². The van der Waals surface area contributed by atoms with Crippen molar-refractivity contribution in [2.24, 2.45) is 0 Å². The van der Waals surface area contributed by atoms with E-state index in [0.717, 1.165) is 0 Å². The number of rotatable bonds is 2. The summed E-state index contributed by atoms with van der Waals surface area (Å²) in [7, 11) is 1.47. The molecule has 0 saturated carbocycles. The smallest absolute Gasteiger partial charge is 0.213 e. The Bertz CT molecular complexity index is 92.2. The van der Waals surface area contributed by atoms with Gasteiger partial charge in [-0.2, -0.15) is 0 Å². The molecule has 4 heteroatoms. The zero-order valence-corrected chi connectivity index (χ0v) is 5.99. The second-order valence-corrected chi connectivity index (χ2v) is 1.98. The van der Waals surface area contributed by atoms with Gasteiger partial charge < -0.3 is 5.32 Å². The molecule has 0 aromatic rings. The van der Waals surface area contributed by atoms with Crippen LogP contribution in [-0.4, -0.2) is 19.1 Å². The summed E-state index contributed by atoms with van der Waals surface area (Å²) in [6.07, 6.45) is 0. The van der Waals surface area contributed by atoms with Gasteiger partial charge in [0.1, 0.15) is 0 Å². The number of hydrogen-bond donors (Lipinski definition) is 3. The van der Waals surface area contributed by atoms with Crippen LogP contribution < -0.4 is 10.8 Å². The molecule has 0 radical (unpaired) electrons. The SMILES string of the molecule is CONC(=N)NC(C)C. The van der Waals surface area contributed by atoms with Crippen LogP contribution in [0.2, 0.25) is 0 Å². The molecule has 0 fully saturated rings. The Kier molecular flexibility index (Phi) is 3.79. The van der Waals surface area contributed by atoms with E-state index in [2.05, 4.69) is 15.6 Å². The minimum Gasteiger partial charge on any atom is -0.353 e. The highest BCUT2D eigenvalue weighted by atomic mass is 16.6. The van der Waals surface area contributed by atoms with Crippen molar-refractivity contribution in [1.82, 2.24) is 10.8 Å². The Morgan fingerprint density at radius 2 is 2.11 bits per heavy atom. The number of hydroxylamine groups is 1. The maximum atomic E-state index is 7.07. The van der Waals surface area contributed by atoms with Gasteiger partial charge in [-0.15, -0.1) is 0 Å². The highest BCUT2D eigenvalue weighted by Crippen LogP contribution is 1.73. The summed E-state index contributed by atoms with van der Waals surface area (Å²) >= 11 is 0. The molecule has 0 aliphatic carbocycles. The summed E-state index contributed by atoms with van der Waals surface area (Å²) < 4.78 is 0. The van der Waals surface area contributed by atoms with Crippen molar-refractivity contribution < 1.29 is 4.84 Å². The lowest BCUT2D eigenvalue weighted by atomic mass is 10.4. The lowest BCUT2D eigenvalue weighted by Gasteiger charge is -2.10. The lowest BCUT2D eigenvalue weighted by Crippen LogP contribution is -2.39. The van der Waals surface area contributed by atoms with Crippen LogP contribution in [0.5, 0.6) is 0 Å². The molecule has 0 rings (SSSR count). The van der Waals surface area contributed by atoms with Gasteiger partial charge in [-0.3, -0.25) is 10.2 Å². The van der Waals surface area contributed by atoms with Gasteiger partial charge >= 0.3 is 0 Å². The maximum Gasteiger partial charge on any atom is 0.213 e. The molecule has 54 valence electrons. The molecule has 0 spiro atoms. The van der Waals surface area contributed by atoms with E-state index in [1.54, 1.807) is 0 Å². The van der Waals surface area contributed by atoms with Gasteiger partial charge in [-0.05, 0) is 13.8 Å². The third-order valence-electron chi connectivity index (χ3n) is 0.637. The first-order chi connectivity index (χ1) is 4.16. The van der Waals surface area contributed by atoms with Crippen LogP contribution in [-0.2, 0) is 4.84 Å². The van der Waals surface area contributed by atoms with Gasteiger partial charge in [-0.1, -0.05) is 0 Å². The van der Waals surface area contributed by atoms with Crippen LogP contribution in [0.15, 0.2) is 0 Å². The third-order valence-corrected chi connectivity index (χ3v) is 0.637. The van der Waals surface area contributed by atoms with E-state index in [9.17, 15) is 0 Å². The van der Waals surface area contributed by atoms with Gasteiger partial charge in [0.15, 0.2) is 0 Å². The van der Waals surface area contributed by atoms with E-state index >= 15 is 0 Å². The minimum atomic E-state index is 0.188. The molecule has 0 aromatic carbocycles. The van der Waals surface area contributed by atoms with Gasteiger partial charge in [0.05, 0.1) is 7.11 Å². The molecule has 9 heavy (non-hydrogen) atoms. The molecule has 0 amide bonds. The second kappa shape index (κ2) is 4.14. The van der Waals surface area contributed by atoms with Crippen molar-refractivity contribution in [1.29, 1.82) is 5.41 Å². The van der Waals surface area contributed by atoms with E-state index in [-0.39, 0.29) is 12.0 Å². The van der Waals surface area contributed by atoms with Crippen LogP contribution >= 0.6 is 0 Å². The first-order valence-corrected chi connectivity index (χ1v) is 2.81. The van der Waals surface area contributed by atoms with Crippen LogP contribution in [0.1, 0.15) is 13.8 Å². The first kappa shape index (κ1) is 8.23. The molecular formula is C5H13N3O. The molecule has 4 nitrogen and oxygen atoms in total. The van der Waals surface area contributed by atoms with E-state index in [0.29, 0.717) is 0 Å². The summed E-state index contributed by atoms with van der Waals surface area (Å²) in [4.78, 5) is 4.47. The zero-order chi connectivity index (χ0) is 7.28. The summed E-state index contributed by atoms with van der Waals surface area (Å²) in [5, 5.41) is 9.86. The summed E-state index contributed by atoms with van der Waals surface area (Å²) in [5.74, 6) is 0.188. The predicted octanol–water partition coefficient (Wildman–Crippen LogP) is 0.0702. The maximum absolute atomic E-state index is 7.07. The zero-order valence-electron chi connectivity index (χ0n) is 5.99. The monoisotopic (exact) mass is 131 g/mol. The number of nitrogens with one attached hydrogen (secondary N) is 3. The average Bonchev–Trinajstić information content (AvgIpc) is 1.63. The molecule has 0 aromatic heterocycles. The molecule has 0 heterocycles. The van der Waals surface area contributed by atoms with E-state index in [1.807, 2.05) is 13.8 Å². The van der Waals surface area contributed by atoms with Crippen molar-refractivity contribution in [3.05, 3.63) is 0 Å². The Balaban J connectivity index is 3.27. The molecular weight excluding hydrogens is 118 g/mol. The quantitative estimate of drug-likeness (QED) is 0.282. The fourth-order valence-corrected chi connectivity index (χ4v) is 0.420. The molecule has 0 bridgehead atoms. The number of guanidine groups is 1. The Labute approximate surface area is 55.1 Å². The average molecular weight is 131 g/mol. The van der Waals surface area contributed by atoms with Gasteiger partial charge in [-0.25, -0.2) is 5.48 Å². The van der Waals surface area contributed by atoms with Crippen molar-refractivity contribution in [2.75, 3.05) is 7.11 Å². The molecule has 0 unspecified atom stereocenters. The third kappa shape index (κ3) is 5.10. The Morgan fingerprint density at radius 1 is 1.56 bits per heavy atom. The van der Waals surface area contributed by atoms with E-state index < -0.39 is 0 Å². The first-order valence-electron chi connectivity index (χ1n) is 2.81. The van der Waals surface area contributed by atoms with Gasteiger partial charge in [0.25, 0.3) is 0 Å². The van der Waals surface area contributed by atoms with Crippen molar-refractivity contribution in [2.45, 2.75) is 19.9 Å². The second-order valence-electron chi connectivity index (χ2n) is 1.98. The molecule has 0 atom stereocenters. The summed E-state index contributed by atoms with van der Waals surface area (Å²) in [5.41, 5.74) is 2.35. The predicted molar refractivity (Wildman–Crippen MR) is 36.1 cm³/mol. The fraction of sp³-hybridized carbons (Fsp3) is 0.800. The molecule has 0 aliphatic rings. The minimum absolute atomic E-state index is 0.188. The van der Waals surface area contributed by atoms with E-state index in [1.165, 1.54) is 7.11 Å². The topological polar surface area (TPSA) is 57.1 Å².